The van der Waals surface area contributed by atoms with Crippen LogP contribution in [0.3, 0.4) is 0 Å². The van der Waals surface area contributed by atoms with Gasteiger partial charge in [0.15, 0.2) is 0 Å². The van der Waals surface area contributed by atoms with Crippen LogP contribution >= 0.6 is 0 Å². The zero-order chi connectivity index (χ0) is 17.7. The SMILES string of the molecule is Cc1ccccc1CC(=O)Nc1cc(C(=O)O)ccc1OC(C)C. The number of amides is 1. The van der Waals surface area contributed by atoms with Crippen LogP contribution in [0.4, 0.5) is 5.69 Å². The minimum atomic E-state index is -1.06. The number of nitrogens with one attached hydrogen (secondary N) is 1. The Morgan fingerprint density at radius 2 is 1.88 bits per heavy atom. The van der Waals surface area contributed by atoms with E-state index in [4.69, 9.17) is 9.84 Å². The molecule has 2 aromatic carbocycles. The highest BCUT2D eigenvalue weighted by molar-refractivity contribution is 5.96. The van der Waals surface area contributed by atoms with Gasteiger partial charge in [-0.1, -0.05) is 24.3 Å². The zero-order valence-corrected chi connectivity index (χ0v) is 14.0. The Labute approximate surface area is 141 Å². The summed E-state index contributed by atoms with van der Waals surface area (Å²) >= 11 is 0. The molecule has 0 saturated heterocycles. The molecule has 126 valence electrons. The first-order chi connectivity index (χ1) is 11.4. The van der Waals surface area contributed by atoms with Crippen LogP contribution in [0.2, 0.25) is 0 Å². The number of benzene rings is 2. The van der Waals surface area contributed by atoms with Crippen LogP contribution < -0.4 is 10.1 Å². The van der Waals surface area contributed by atoms with Crippen molar-refractivity contribution in [1.29, 1.82) is 0 Å². The number of aryl methyl sites for hydroxylation is 1. The number of carbonyl (C=O) groups excluding carboxylic acids is 1. The maximum Gasteiger partial charge on any atom is 0.335 e. The van der Waals surface area contributed by atoms with Crippen molar-refractivity contribution >= 4 is 17.6 Å². The highest BCUT2D eigenvalue weighted by atomic mass is 16.5. The standard InChI is InChI=1S/C19H21NO4/c1-12(2)24-17-9-8-15(19(22)23)10-16(17)20-18(21)11-14-7-5-4-6-13(14)3/h4-10,12H,11H2,1-3H3,(H,20,21)(H,22,23). The summed E-state index contributed by atoms with van der Waals surface area (Å²) in [6, 6.07) is 12.1. The Morgan fingerprint density at radius 1 is 1.17 bits per heavy atom. The van der Waals surface area contributed by atoms with Crippen molar-refractivity contribution in [2.45, 2.75) is 33.3 Å². The predicted octanol–water partition coefficient (Wildman–Crippen LogP) is 3.66. The first-order valence-electron chi connectivity index (χ1n) is 7.75. The summed E-state index contributed by atoms with van der Waals surface area (Å²) in [4.78, 5) is 23.5. The van der Waals surface area contributed by atoms with E-state index in [1.54, 1.807) is 6.07 Å². The van der Waals surface area contributed by atoms with E-state index in [0.29, 0.717) is 11.4 Å². The van der Waals surface area contributed by atoms with Crippen molar-refractivity contribution in [2.24, 2.45) is 0 Å². The molecule has 5 heteroatoms. The third-order valence-electron chi connectivity index (χ3n) is 3.48. The lowest BCUT2D eigenvalue weighted by molar-refractivity contribution is -0.115. The van der Waals surface area contributed by atoms with Crippen molar-refractivity contribution < 1.29 is 19.4 Å². The molecule has 0 aliphatic carbocycles. The number of carboxylic acid groups (broad SMARTS) is 1. The molecule has 0 aliphatic heterocycles. The van der Waals surface area contributed by atoms with E-state index < -0.39 is 5.97 Å². The smallest absolute Gasteiger partial charge is 0.335 e. The third-order valence-corrected chi connectivity index (χ3v) is 3.48. The topological polar surface area (TPSA) is 75.6 Å². The van der Waals surface area contributed by atoms with Crippen molar-refractivity contribution in [1.82, 2.24) is 0 Å². The lowest BCUT2D eigenvalue weighted by atomic mass is 10.1. The molecule has 2 N–H and O–H groups in total. The second kappa shape index (κ2) is 7.64. The minimum absolute atomic E-state index is 0.0901. The molecule has 0 radical (unpaired) electrons. The van der Waals surface area contributed by atoms with Gasteiger partial charge in [-0.15, -0.1) is 0 Å². The average molecular weight is 327 g/mol. The first kappa shape index (κ1) is 17.5. The summed E-state index contributed by atoms with van der Waals surface area (Å²) in [5.74, 6) is -0.825. The van der Waals surface area contributed by atoms with E-state index in [2.05, 4.69) is 5.32 Å². The Bertz CT molecular complexity index is 753. The number of rotatable bonds is 6. The van der Waals surface area contributed by atoms with Crippen LogP contribution in [0.25, 0.3) is 0 Å². The van der Waals surface area contributed by atoms with Crippen molar-refractivity contribution in [3.05, 3.63) is 59.2 Å². The van der Waals surface area contributed by atoms with Crippen molar-refractivity contribution in [2.75, 3.05) is 5.32 Å². The average Bonchev–Trinajstić information content (AvgIpc) is 2.50. The van der Waals surface area contributed by atoms with Crippen LogP contribution in [-0.4, -0.2) is 23.1 Å². The summed E-state index contributed by atoms with van der Waals surface area (Å²) < 4.78 is 5.65. The molecular formula is C19H21NO4. The second-order valence-electron chi connectivity index (χ2n) is 5.83. The lowest BCUT2D eigenvalue weighted by Gasteiger charge is -2.16. The van der Waals surface area contributed by atoms with Gasteiger partial charge in [0.05, 0.1) is 23.8 Å². The molecule has 0 heterocycles. The highest BCUT2D eigenvalue weighted by Gasteiger charge is 2.14. The summed E-state index contributed by atoms with van der Waals surface area (Å²) in [7, 11) is 0. The fourth-order valence-corrected chi connectivity index (χ4v) is 2.29. The van der Waals surface area contributed by atoms with Gasteiger partial charge in [0.2, 0.25) is 5.91 Å². The van der Waals surface area contributed by atoms with Gasteiger partial charge in [0.1, 0.15) is 5.75 Å². The predicted molar refractivity (Wildman–Crippen MR) is 92.7 cm³/mol. The van der Waals surface area contributed by atoms with Crippen molar-refractivity contribution in [3.8, 4) is 5.75 Å². The number of hydrogen-bond acceptors (Lipinski definition) is 3. The molecule has 0 fully saturated rings. The van der Waals surface area contributed by atoms with Gasteiger partial charge in [-0.25, -0.2) is 4.79 Å². The molecule has 5 nitrogen and oxygen atoms in total. The van der Waals surface area contributed by atoms with Gasteiger partial charge in [-0.2, -0.15) is 0 Å². The molecule has 2 rings (SSSR count). The van der Waals surface area contributed by atoms with Crippen LogP contribution in [-0.2, 0) is 11.2 Å². The van der Waals surface area contributed by atoms with Crippen LogP contribution in [0.1, 0.15) is 35.3 Å². The molecule has 0 unspecified atom stereocenters. The van der Waals surface area contributed by atoms with Crippen LogP contribution in [0.15, 0.2) is 42.5 Å². The van der Waals surface area contributed by atoms with Gasteiger partial charge < -0.3 is 15.2 Å². The molecule has 24 heavy (non-hydrogen) atoms. The number of hydrogen-bond donors (Lipinski definition) is 2. The monoisotopic (exact) mass is 327 g/mol. The largest absolute Gasteiger partial charge is 0.489 e. The molecule has 1 amide bonds. The van der Waals surface area contributed by atoms with E-state index in [1.165, 1.54) is 12.1 Å². The Morgan fingerprint density at radius 3 is 2.50 bits per heavy atom. The fraction of sp³-hybridized carbons (Fsp3) is 0.263. The summed E-state index contributed by atoms with van der Waals surface area (Å²) in [5.41, 5.74) is 2.42. The maximum absolute atomic E-state index is 12.3. The minimum Gasteiger partial charge on any atom is -0.489 e. The molecule has 0 spiro atoms. The summed E-state index contributed by atoms with van der Waals surface area (Å²) in [6.07, 6.45) is 0.123. The quantitative estimate of drug-likeness (QED) is 0.849. The Hall–Kier alpha value is -2.82. The van der Waals surface area contributed by atoms with Gasteiger partial charge in [0, 0.05) is 0 Å². The fourth-order valence-electron chi connectivity index (χ4n) is 2.29. The molecule has 0 aromatic heterocycles. The van der Waals surface area contributed by atoms with E-state index >= 15 is 0 Å². The zero-order valence-electron chi connectivity index (χ0n) is 14.0. The Balaban J connectivity index is 2.22. The third kappa shape index (κ3) is 4.59. The number of ether oxygens (including phenoxy) is 1. The molecular weight excluding hydrogens is 306 g/mol. The molecule has 0 bridgehead atoms. The maximum atomic E-state index is 12.3. The number of anilines is 1. The van der Waals surface area contributed by atoms with Gasteiger partial charge in [0.25, 0.3) is 0 Å². The number of carboxylic acids is 1. The molecule has 2 aromatic rings. The first-order valence-corrected chi connectivity index (χ1v) is 7.75. The number of carbonyl (C=O) groups is 2. The second-order valence-corrected chi connectivity index (χ2v) is 5.83. The van der Waals surface area contributed by atoms with E-state index in [9.17, 15) is 9.59 Å². The van der Waals surface area contributed by atoms with E-state index in [-0.39, 0.29) is 24.0 Å². The lowest BCUT2D eigenvalue weighted by Crippen LogP contribution is -2.17. The molecule has 0 saturated carbocycles. The van der Waals surface area contributed by atoms with E-state index in [1.807, 2.05) is 45.0 Å². The number of aromatic carboxylic acids is 1. The van der Waals surface area contributed by atoms with Gasteiger partial charge >= 0.3 is 5.97 Å². The molecule has 0 atom stereocenters. The summed E-state index contributed by atoms with van der Waals surface area (Å²) in [6.45, 7) is 5.68. The van der Waals surface area contributed by atoms with Crippen LogP contribution in [0.5, 0.6) is 5.75 Å². The summed E-state index contributed by atoms with van der Waals surface area (Å²) in [5, 5.41) is 11.9. The normalized spacial score (nSPS) is 10.5. The van der Waals surface area contributed by atoms with Gasteiger partial charge in [-0.05, 0) is 50.1 Å². The van der Waals surface area contributed by atoms with Gasteiger partial charge in [-0.3, -0.25) is 4.79 Å². The van der Waals surface area contributed by atoms with E-state index in [0.717, 1.165) is 11.1 Å². The van der Waals surface area contributed by atoms with Crippen LogP contribution in [0, 0.1) is 6.92 Å². The molecule has 0 aliphatic rings. The highest BCUT2D eigenvalue weighted by Crippen LogP contribution is 2.27. The van der Waals surface area contributed by atoms with Crippen molar-refractivity contribution in [3.63, 3.8) is 0 Å². The Kier molecular flexibility index (Phi) is 5.58.